The number of carbonyl (C=O) groups is 2. The van der Waals surface area contributed by atoms with E-state index >= 15 is 0 Å². The van der Waals surface area contributed by atoms with Crippen LogP contribution in [0.5, 0.6) is 0 Å². The second-order valence-electron chi connectivity index (χ2n) is 3.45. The predicted molar refractivity (Wildman–Crippen MR) is 65.3 cm³/mol. The van der Waals surface area contributed by atoms with E-state index in [0.29, 0.717) is 5.56 Å². The van der Waals surface area contributed by atoms with E-state index in [1.165, 1.54) is 0 Å². The van der Waals surface area contributed by atoms with Crippen molar-refractivity contribution in [2.75, 3.05) is 0 Å². The number of carboxylic acids is 1. The Hall–Kier alpha value is -1.64. The van der Waals surface area contributed by atoms with E-state index in [1.807, 2.05) is 30.3 Å². The van der Waals surface area contributed by atoms with Gasteiger partial charge in [0.1, 0.15) is 5.78 Å². The van der Waals surface area contributed by atoms with E-state index in [-0.39, 0.29) is 35.7 Å². The molecule has 4 heteroatoms. The Morgan fingerprint density at radius 1 is 0.944 bits per heavy atom. The van der Waals surface area contributed by atoms with Gasteiger partial charge >= 0.3 is 5.97 Å². The Morgan fingerprint density at radius 3 is 1.78 bits per heavy atom. The van der Waals surface area contributed by atoms with Crippen molar-refractivity contribution in [2.45, 2.75) is 12.8 Å². The Labute approximate surface area is 117 Å². The molecular weight excluding hydrogens is 272 g/mol. The summed E-state index contributed by atoms with van der Waals surface area (Å²) in [5.74, 6) is -1.04. The van der Waals surface area contributed by atoms with Crippen molar-refractivity contribution in [3.8, 4) is 0 Å². The van der Waals surface area contributed by atoms with Crippen LogP contribution in [-0.2, 0) is 21.9 Å². The number of rotatable bonds is 4. The van der Waals surface area contributed by atoms with Gasteiger partial charge in [-0.05, 0) is 0 Å². The summed E-state index contributed by atoms with van der Waals surface area (Å²) in [7, 11) is 0. The van der Waals surface area contributed by atoms with Gasteiger partial charge in [0.05, 0.1) is 6.42 Å². The van der Waals surface area contributed by atoms with Crippen molar-refractivity contribution in [3.63, 3.8) is 0 Å². The molecule has 18 heavy (non-hydrogen) atoms. The number of carbonyl (C=O) groups excluding carboxylic acids is 1. The third-order valence-corrected chi connectivity index (χ3v) is 2.11. The molecule has 1 N–H and O–H groups in total. The summed E-state index contributed by atoms with van der Waals surface area (Å²) in [5.41, 5.74) is 0.594. The van der Waals surface area contributed by atoms with E-state index < -0.39 is 5.97 Å². The topological polar surface area (TPSA) is 54.4 Å². The molecule has 0 aliphatic heterocycles. The fourth-order valence-corrected chi connectivity index (χ4v) is 1.25. The standard InChI is InChI=1S/C9H9O3.C5H5.Fe/c10-8(5-6-9(11)12)7-3-1-2-4-7;1-2-4-5-3-1;/h1-4H,5-6H2,(H,11,12);1-5H;/q-1;-5;. The van der Waals surface area contributed by atoms with Gasteiger partial charge in [-0.3, -0.25) is 4.79 Å². The second-order valence-corrected chi connectivity index (χ2v) is 3.45. The van der Waals surface area contributed by atoms with Gasteiger partial charge in [0.2, 0.25) is 0 Å². The molecule has 0 aromatic heterocycles. The number of ketones is 1. The van der Waals surface area contributed by atoms with E-state index in [2.05, 4.69) is 0 Å². The summed E-state index contributed by atoms with van der Waals surface area (Å²) < 4.78 is 0. The van der Waals surface area contributed by atoms with E-state index in [0.717, 1.165) is 0 Å². The average Bonchev–Trinajstić information content (AvgIpc) is 2.99. The van der Waals surface area contributed by atoms with Crippen molar-refractivity contribution in [2.24, 2.45) is 0 Å². The number of carboxylic acid groups (broad SMARTS) is 1. The minimum atomic E-state index is -0.935. The first-order chi connectivity index (χ1) is 8.20. The molecule has 0 spiro atoms. The summed E-state index contributed by atoms with van der Waals surface area (Å²) in [5, 5.41) is 8.31. The van der Waals surface area contributed by atoms with Crippen molar-refractivity contribution in [3.05, 3.63) is 60.2 Å². The molecule has 0 fully saturated rings. The van der Waals surface area contributed by atoms with Crippen LogP contribution < -0.4 is 0 Å². The van der Waals surface area contributed by atoms with E-state index in [1.54, 1.807) is 24.3 Å². The van der Waals surface area contributed by atoms with Gasteiger partial charge in [-0.15, -0.1) is 0 Å². The monoisotopic (exact) mass is 286 g/mol. The normalized spacial score (nSPS) is 8.67. The summed E-state index contributed by atoms with van der Waals surface area (Å²) in [6.45, 7) is 0. The van der Waals surface area contributed by atoms with Gasteiger partial charge in [0.15, 0.2) is 0 Å². The van der Waals surface area contributed by atoms with Gasteiger partial charge < -0.3 is 40.2 Å². The molecule has 0 aliphatic rings. The van der Waals surface area contributed by atoms with Crippen molar-refractivity contribution in [1.29, 1.82) is 0 Å². The van der Waals surface area contributed by atoms with Gasteiger partial charge in [-0.1, -0.05) is 5.56 Å². The van der Waals surface area contributed by atoms with Crippen LogP contribution in [0.1, 0.15) is 23.2 Å². The molecule has 0 aliphatic carbocycles. The number of aliphatic carboxylic acids is 1. The van der Waals surface area contributed by atoms with Crippen molar-refractivity contribution >= 4 is 11.8 Å². The van der Waals surface area contributed by atoms with Gasteiger partial charge in [0, 0.05) is 23.5 Å². The van der Waals surface area contributed by atoms with Crippen LogP contribution >= 0.6 is 0 Å². The number of Topliss-reactive ketones (excluding diaryl/α,β-unsaturated/α-hetero) is 1. The summed E-state index contributed by atoms with van der Waals surface area (Å²) in [4.78, 5) is 21.3. The zero-order chi connectivity index (χ0) is 12.5. The maximum atomic E-state index is 11.1. The molecule has 2 aromatic rings. The Morgan fingerprint density at radius 2 is 1.39 bits per heavy atom. The molecular formula is C14H14FeO3-6. The first kappa shape index (κ1) is 16.4. The Bertz CT molecular complexity index is 412. The largest absolute Gasteiger partial charge is 0.748 e. The van der Waals surface area contributed by atoms with Crippen LogP contribution in [0.4, 0.5) is 0 Å². The zero-order valence-electron chi connectivity index (χ0n) is 9.73. The molecule has 0 heterocycles. The molecule has 0 amide bonds. The van der Waals surface area contributed by atoms with Crippen molar-refractivity contribution in [1.82, 2.24) is 0 Å². The Kier molecular flexibility index (Phi) is 8.54. The number of hydrogen-bond acceptors (Lipinski definition) is 2. The minimum absolute atomic E-state index is 0. The van der Waals surface area contributed by atoms with Crippen LogP contribution in [0.25, 0.3) is 0 Å². The Balaban J connectivity index is 0.000000405. The molecule has 0 saturated carbocycles. The minimum Gasteiger partial charge on any atom is -0.748 e. The molecule has 0 unspecified atom stereocenters. The van der Waals surface area contributed by atoms with Crippen LogP contribution in [0.15, 0.2) is 54.6 Å². The summed E-state index contributed by atoms with van der Waals surface area (Å²) in [6.07, 6.45) is -0.0106. The molecule has 0 saturated heterocycles. The molecule has 2 aromatic carbocycles. The van der Waals surface area contributed by atoms with Gasteiger partial charge in [-0.25, -0.2) is 12.1 Å². The maximum Gasteiger partial charge on any atom is 0.303 e. The molecule has 102 valence electrons. The summed E-state index contributed by atoms with van der Waals surface area (Å²) in [6, 6.07) is 16.9. The van der Waals surface area contributed by atoms with Gasteiger partial charge in [-0.2, -0.15) is 12.1 Å². The zero-order valence-corrected chi connectivity index (χ0v) is 10.8. The first-order valence-corrected chi connectivity index (χ1v) is 5.33. The van der Waals surface area contributed by atoms with Crippen LogP contribution in [-0.4, -0.2) is 16.9 Å². The van der Waals surface area contributed by atoms with Gasteiger partial charge in [0.25, 0.3) is 0 Å². The van der Waals surface area contributed by atoms with Crippen molar-refractivity contribution < 1.29 is 31.8 Å². The predicted octanol–water partition coefficient (Wildman–Crippen LogP) is 2.86. The molecule has 3 nitrogen and oxygen atoms in total. The molecule has 0 bridgehead atoms. The van der Waals surface area contributed by atoms with Crippen LogP contribution in [0.3, 0.4) is 0 Å². The second kappa shape index (κ2) is 9.40. The SMILES string of the molecule is O=C(O)CCC(=O)[c-]1cccc1.[Fe].[cH-]1[cH-][cH-][cH-][cH-]1. The average molecular weight is 286 g/mol. The maximum absolute atomic E-state index is 11.1. The summed E-state index contributed by atoms with van der Waals surface area (Å²) >= 11 is 0. The van der Waals surface area contributed by atoms with Crippen LogP contribution in [0.2, 0.25) is 0 Å². The quantitative estimate of drug-likeness (QED) is 0.534. The van der Waals surface area contributed by atoms with E-state index in [9.17, 15) is 9.59 Å². The molecule has 0 atom stereocenters. The fraction of sp³-hybridized carbons (Fsp3) is 0.143. The molecule has 2 rings (SSSR count). The third-order valence-electron chi connectivity index (χ3n) is 2.11. The first-order valence-electron chi connectivity index (χ1n) is 5.33. The van der Waals surface area contributed by atoms with Crippen LogP contribution in [0, 0.1) is 0 Å². The number of hydrogen-bond donors (Lipinski definition) is 1. The smallest absolute Gasteiger partial charge is 0.303 e. The fourth-order valence-electron chi connectivity index (χ4n) is 1.25. The third kappa shape index (κ3) is 6.84. The molecule has 0 radical (unpaired) electrons. The van der Waals surface area contributed by atoms with E-state index in [4.69, 9.17) is 5.11 Å².